The van der Waals surface area contributed by atoms with E-state index < -0.39 is 24.3 Å². The van der Waals surface area contributed by atoms with E-state index in [9.17, 15) is 17.6 Å². The van der Waals surface area contributed by atoms with Gasteiger partial charge in [-0.3, -0.25) is 0 Å². The van der Waals surface area contributed by atoms with Crippen LogP contribution in [0.2, 0.25) is 0 Å². The highest BCUT2D eigenvalue weighted by Gasteiger charge is 2.28. The lowest BCUT2D eigenvalue weighted by Gasteiger charge is -2.10. The first-order valence-corrected chi connectivity index (χ1v) is 4.10. The van der Waals surface area contributed by atoms with Gasteiger partial charge in [-0.2, -0.15) is 13.2 Å². The maximum atomic E-state index is 12.9. The normalized spacial score (nSPS) is 11.5. The van der Waals surface area contributed by atoms with Crippen molar-refractivity contribution in [2.45, 2.75) is 12.7 Å². The molecule has 0 atom stereocenters. The zero-order chi connectivity index (χ0) is 11.5. The Balaban J connectivity index is 2.75. The molecule has 0 saturated heterocycles. The fourth-order valence-corrected chi connectivity index (χ4v) is 0.945. The number of alkyl halides is 3. The second-order valence-corrected chi connectivity index (χ2v) is 2.87. The van der Waals surface area contributed by atoms with Gasteiger partial charge in [-0.1, -0.05) is 6.07 Å². The van der Waals surface area contributed by atoms with E-state index in [1.807, 2.05) is 0 Å². The van der Waals surface area contributed by atoms with Gasteiger partial charge in [0.05, 0.1) is 0 Å². The smallest absolute Gasteiger partial charge is 0.422 e. The molecule has 1 rings (SSSR count). The predicted octanol–water partition coefficient (Wildman–Crippen LogP) is 2.23. The molecule has 0 aliphatic heterocycles. The molecule has 0 spiro atoms. The van der Waals surface area contributed by atoms with Crippen molar-refractivity contribution in [3.63, 3.8) is 0 Å². The Hall–Kier alpha value is -1.30. The molecular weight excluding hydrogens is 214 g/mol. The maximum absolute atomic E-state index is 12.9. The molecule has 0 aliphatic carbocycles. The number of ether oxygens (including phenoxy) is 1. The van der Waals surface area contributed by atoms with E-state index in [4.69, 9.17) is 5.73 Å². The zero-order valence-corrected chi connectivity index (χ0v) is 7.64. The Kier molecular flexibility index (Phi) is 3.52. The molecule has 0 heterocycles. The van der Waals surface area contributed by atoms with Gasteiger partial charge < -0.3 is 10.5 Å². The second kappa shape index (κ2) is 4.48. The SMILES string of the molecule is NCc1ccc(F)c(OCC(F)(F)F)c1. The molecule has 1 aromatic carbocycles. The van der Waals surface area contributed by atoms with Gasteiger partial charge in [0, 0.05) is 6.54 Å². The van der Waals surface area contributed by atoms with Crippen LogP contribution in [0.1, 0.15) is 5.56 Å². The van der Waals surface area contributed by atoms with Crippen LogP contribution >= 0.6 is 0 Å². The number of hydrogen-bond donors (Lipinski definition) is 1. The third-order valence-electron chi connectivity index (χ3n) is 1.62. The van der Waals surface area contributed by atoms with Crippen molar-refractivity contribution in [2.75, 3.05) is 6.61 Å². The number of hydrogen-bond acceptors (Lipinski definition) is 2. The second-order valence-electron chi connectivity index (χ2n) is 2.87. The first kappa shape index (κ1) is 11.8. The van der Waals surface area contributed by atoms with E-state index in [0.717, 1.165) is 12.1 Å². The summed E-state index contributed by atoms with van der Waals surface area (Å²) >= 11 is 0. The minimum Gasteiger partial charge on any atom is -0.481 e. The van der Waals surface area contributed by atoms with Crippen LogP contribution < -0.4 is 10.5 Å². The Labute approximate surface area is 83.6 Å². The summed E-state index contributed by atoms with van der Waals surface area (Å²) in [6.45, 7) is -1.40. The van der Waals surface area contributed by atoms with Crippen molar-refractivity contribution < 1.29 is 22.3 Å². The summed E-state index contributed by atoms with van der Waals surface area (Å²) < 4.78 is 52.6. The van der Waals surface area contributed by atoms with Crippen molar-refractivity contribution in [3.05, 3.63) is 29.6 Å². The molecule has 0 saturated carbocycles. The van der Waals surface area contributed by atoms with Crippen LogP contribution in [-0.2, 0) is 6.54 Å². The van der Waals surface area contributed by atoms with Crippen molar-refractivity contribution >= 4 is 0 Å². The van der Waals surface area contributed by atoms with Crippen LogP contribution in [0.15, 0.2) is 18.2 Å². The summed E-state index contributed by atoms with van der Waals surface area (Å²) in [5, 5.41) is 0. The van der Waals surface area contributed by atoms with E-state index in [1.165, 1.54) is 6.07 Å². The lowest BCUT2D eigenvalue weighted by Crippen LogP contribution is -2.19. The van der Waals surface area contributed by atoms with E-state index in [-0.39, 0.29) is 6.54 Å². The molecule has 0 aliphatic rings. The first-order valence-electron chi connectivity index (χ1n) is 4.10. The molecule has 6 heteroatoms. The minimum absolute atomic E-state index is 0.114. The average Bonchev–Trinajstić information content (AvgIpc) is 2.15. The van der Waals surface area contributed by atoms with Crippen molar-refractivity contribution in [3.8, 4) is 5.75 Å². The molecule has 0 fully saturated rings. The number of benzene rings is 1. The fraction of sp³-hybridized carbons (Fsp3) is 0.333. The average molecular weight is 223 g/mol. The van der Waals surface area contributed by atoms with Crippen LogP contribution in [0.5, 0.6) is 5.75 Å². The van der Waals surface area contributed by atoms with Gasteiger partial charge >= 0.3 is 6.18 Å². The highest BCUT2D eigenvalue weighted by molar-refractivity contribution is 5.30. The van der Waals surface area contributed by atoms with E-state index in [1.54, 1.807) is 0 Å². The summed E-state index contributed by atoms with van der Waals surface area (Å²) in [5.74, 6) is -1.27. The van der Waals surface area contributed by atoms with E-state index in [0.29, 0.717) is 5.56 Å². The Morgan fingerprint density at radius 3 is 2.47 bits per heavy atom. The van der Waals surface area contributed by atoms with E-state index in [2.05, 4.69) is 4.74 Å². The van der Waals surface area contributed by atoms with Gasteiger partial charge in [0.1, 0.15) is 0 Å². The molecule has 0 unspecified atom stereocenters. The van der Waals surface area contributed by atoms with Gasteiger partial charge in [0.15, 0.2) is 18.2 Å². The molecule has 84 valence electrons. The summed E-state index contributed by atoms with van der Waals surface area (Å²) in [6, 6.07) is 3.56. The van der Waals surface area contributed by atoms with Crippen molar-refractivity contribution in [1.82, 2.24) is 0 Å². The topological polar surface area (TPSA) is 35.2 Å². The standard InChI is InChI=1S/C9H9F4NO/c10-7-2-1-6(4-14)3-8(7)15-5-9(11,12)13/h1-3H,4-5,14H2. The van der Waals surface area contributed by atoms with Crippen molar-refractivity contribution in [1.29, 1.82) is 0 Å². The molecule has 0 aromatic heterocycles. The zero-order valence-electron chi connectivity index (χ0n) is 7.64. The quantitative estimate of drug-likeness (QED) is 0.797. The van der Waals surface area contributed by atoms with Crippen LogP contribution in [0.4, 0.5) is 17.6 Å². The minimum atomic E-state index is -4.48. The Morgan fingerprint density at radius 2 is 1.93 bits per heavy atom. The predicted molar refractivity (Wildman–Crippen MR) is 45.8 cm³/mol. The van der Waals surface area contributed by atoms with Gasteiger partial charge in [-0.15, -0.1) is 0 Å². The van der Waals surface area contributed by atoms with Crippen LogP contribution in [0, 0.1) is 5.82 Å². The highest BCUT2D eigenvalue weighted by atomic mass is 19.4. The Morgan fingerprint density at radius 1 is 1.27 bits per heavy atom. The van der Waals surface area contributed by atoms with Gasteiger partial charge in [0.2, 0.25) is 0 Å². The van der Waals surface area contributed by atoms with Gasteiger partial charge in [-0.05, 0) is 17.7 Å². The lowest BCUT2D eigenvalue weighted by atomic mass is 10.2. The van der Waals surface area contributed by atoms with Crippen LogP contribution in [0.3, 0.4) is 0 Å². The summed E-state index contributed by atoms with van der Waals surface area (Å²) in [5.41, 5.74) is 5.76. The molecular formula is C9H9F4NO. The monoisotopic (exact) mass is 223 g/mol. The largest absolute Gasteiger partial charge is 0.481 e. The van der Waals surface area contributed by atoms with E-state index >= 15 is 0 Å². The number of nitrogens with two attached hydrogens (primary N) is 1. The molecule has 1 aromatic rings. The lowest BCUT2D eigenvalue weighted by molar-refractivity contribution is -0.153. The molecule has 0 amide bonds. The summed E-state index contributed by atoms with van der Waals surface area (Å²) in [7, 11) is 0. The summed E-state index contributed by atoms with van der Waals surface area (Å²) in [4.78, 5) is 0. The number of halogens is 4. The van der Waals surface area contributed by atoms with Crippen LogP contribution in [0.25, 0.3) is 0 Å². The molecule has 0 bridgehead atoms. The van der Waals surface area contributed by atoms with Crippen LogP contribution in [-0.4, -0.2) is 12.8 Å². The highest BCUT2D eigenvalue weighted by Crippen LogP contribution is 2.22. The molecule has 2 N–H and O–H groups in total. The number of rotatable bonds is 3. The third kappa shape index (κ3) is 3.75. The molecule has 2 nitrogen and oxygen atoms in total. The fourth-order valence-electron chi connectivity index (χ4n) is 0.945. The van der Waals surface area contributed by atoms with Gasteiger partial charge in [-0.25, -0.2) is 4.39 Å². The third-order valence-corrected chi connectivity index (χ3v) is 1.62. The maximum Gasteiger partial charge on any atom is 0.422 e. The van der Waals surface area contributed by atoms with Gasteiger partial charge in [0.25, 0.3) is 0 Å². The van der Waals surface area contributed by atoms with Crippen molar-refractivity contribution in [2.24, 2.45) is 5.73 Å². The first-order chi connectivity index (χ1) is 6.92. The summed E-state index contributed by atoms with van der Waals surface area (Å²) in [6.07, 6.45) is -4.48. The molecule has 0 radical (unpaired) electrons. The Bertz CT molecular complexity index is 337. The molecule has 15 heavy (non-hydrogen) atoms.